The third-order valence-electron chi connectivity index (χ3n) is 0.464. The minimum Gasteiger partial charge on any atom is -0.481 e. The average Bonchev–Trinajstić information content (AvgIpc) is 1.35. The van der Waals surface area contributed by atoms with Crippen LogP contribution in [0.5, 0.6) is 0 Å². The first-order valence-corrected chi connectivity index (χ1v) is 1.99. The van der Waals surface area contributed by atoms with E-state index < -0.39 is 5.97 Å². The van der Waals surface area contributed by atoms with Crippen LogP contribution in [0.25, 0.3) is 0 Å². The van der Waals surface area contributed by atoms with Gasteiger partial charge in [-0.15, -0.1) is 0 Å². The van der Waals surface area contributed by atoms with E-state index >= 15 is 0 Å². The molecule has 6 nitrogen and oxygen atoms in total. The van der Waals surface area contributed by atoms with Gasteiger partial charge in [-0.3, -0.25) is 4.79 Å². The van der Waals surface area contributed by atoms with Crippen LogP contribution in [0.4, 0.5) is 0 Å². The van der Waals surface area contributed by atoms with Crippen LogP contribution < -0.4 is 0 Å². The van der Waals surface area contributed by atoms with Crippen LogP contribution in [0.15, 0.2) is 0 Å². The smallest absolute Gasteiger partial charge is 0.303 e. The Bertz CT molecular complexity index is 58.5. The van der Waals surface area contributed by atoms with Crippen molar-refractivity contribution in [3.63, 3.8) is 0 Å². The van der Waals surface area contributed by atoms with Crippen molar-refractivity contribution < 1.29 is 53.5 Å². The summed E-state index contributed by atoms with van der Waals surface area (Å²) in [5.74, 6) is -0.711. The molecule has 7 heteroatoms. The molecule has 0 saturated carbocycles. The maximum Gasteiger partial charge on any atom is 0.303 e. The molecule has 0 saturated heterocycles. The Kier molecular flexibility index (Phi) is 129. The molecule has 0 amide bonds. The Morgan fingerprint density at radius 1 is 1.18 bits per heavy atom. The predicted molar refractivity (Wildman–Crippen MR) is 37.0 cm³/mol. The van der Waals surface area contributed by atoms with Crippen LogP contribution in [0.3, 0.4) is 0 Å². The molecule has 0 aliphatic carbocycles. The first kappa shape index (κ1) is 43.9. The van der Waals surface area contributed by atoms with Gasteiger partial charge >= 0.3 is 5.97 Å². The first-order chi connectivity index (χ1) is 2.77. The molecule has 0 aromatic heterocycles. The van der Waals surface area contributed by atoms with Crippen molar-refractivity contribution in [2.45, 2.75) is 19.8 Å². The first-order valence-electron chi connectivity index (χ1n) is 1.99. The van der Waals surface area contributed by atoms with E-state index in [1.54, 1.807) is 0 Å². The molecule has 0 aliphatic rings. The van der Waals surface area contributed by atoms with Gasteiger partial charge in [0.1, 0.15) is 0 Å². The SMILES string of the molecule is CCCC(=O)O.O.O.O.O.[Ti]. The fourth-order valence-corrected chi connectivity index (χ4v) is 0.214. The minimum atomic E-state index is -0.711. The summed E-state index contributed by atoms with van der Waals surface area (Å²) in [6.45, 7) is 1.84. The normalized spacial score (nSPS) is 4.45. The molecule has 0 unspecified atom stereocenters. The standard InChI is InChI=1S/C4H8O2.4H2O.Ti/c1-2-3-4(5)6;;;;;/h2-3H2,1H3,(H,5,6);4*1H2;. The van der Waals surface area contributed by atoms with Crippen molar-refractivity contribution in [3.05, 3.63) is 0 Å². The Morgan fingerprint density at radius 3 is 1.45 bits per heavy atom. The number of hydrogen-bond donors (Lipinski definition) is 1. The number of hydrogen-bond acceptors (Lipinski definition) is 1. The quantitative estimate of drug-likeness (QED) is 0.499. The molecule has 0 aromatic carbocycles. The predicted octanol–water partition coefficient (Wildman–Crippen LogP) is -2.43. The summed E-state index contributed by atoms with van der Waals surface area (Å²) in [5.41, 5.74) is 0. The summed E-state index contributed by atoms with van der Waals surface area (Å²) >= 11 is 0. The molecule has 11 heavy (non-hydrogen) atoms. The van der Waals surface area contributed by atoms with E-state index in [0.717, 1.165) is 6.42 Å². The molecule has 0 aromatic rings. The van der Waals surface area contributed by atoms with Crippen LogP contribution in [-0.4, -0.2) is 33.0 Å². The van der Waals surface area contributed by atoms with E-state index in [1.165, 1.54) is 0 Å². The number of carboxylic acid groups (broad SMARTS) is 1. The molecule has 0 rings (SSSR count). The van der Waals surface area contributed by atoms with Crippen LogP contribution in [0.2, 0.25) is 0 Å². The van der Waals surface area contributed by atoms with Gasteiger partial charge in [0.05, 0.1) is 0 Å². The van der Waals surface area contributed by atoms with Gasteiger partial charge in [-0.05, 0) is 6.42 Å². The topological polar surface area (TPSA) is 163 Å². The minimum absolute atomic E-state index is 0. The second-order valence-corrected chi connectivity index (χ2v) is 1.14. The summed E-state index contributed by atoms with van der Waals surface area (Å²) in [6, 6.07) is 0. The summed E-state index contributed by atoms with van der Waals surface area (Å²) in [4.78, 5) is 9.60. The second kappa shape index (κ2) is 32.3. The second-order valence-electron chi connectivity index (χ2n) is 1.14. The zero-order valence-corrected chi connectivity index (χ0v) is 7.83. The van der Waals surface area contributed by atoms with E-state index in [2.05, 4.69) is 0 Å². The maximum atomic E-state index is 9.60. The van der Waals surface area contributed by atoms with Gasteiger partial charge in [-0.25, -0.2) is 0 Å². The van der Waals surface area contributed by atoms with Crippen molar-refractivity contribution in [3.8, 4) is 0 Å². The zero-order chi connectivity index (χ0) is 4.99. The van der Waals surface area contributed by atoms with Crippen molar-refractivity contribution in [2.75, 3.05) is 0 Å². The Balaban J connectivity index is -0.0000000125. The Labute approximate surface area is 79.7 Å². The third-order valence-corrected chi connectivity index (χ3v) is 0.464. The van der Waals surface area contributed by atoms with Gasteiger partial charge in [0.25, 0.3) is 0 Å². The van der Waals surface area contributed by atoms with Gasteiger partial charge in [0.15, 0.2) is 0 Å². The molecule has 9 N–H and O–H groups in total. The number of rotatable bonds is 2. The molecule has 0 aliphatic heterocycles. The van der Waals surface area contributed by atoms with Crippen molar-refractivity contribution in [1.29, 1.82) is 0 Å². The van der Waals surface area contributed by atoms with Crippen LogP contribution in [0, 0.1) is 0 Å². The fraction of sp³-hybridized carbons (Fsp3) is 0.750. The summed E-state index contributed by atoms with van der Waals surface area (Å²) < 4.78 is 0. The van der Waals surface area contributed by atoms with Gasteiger partial charge in [-0.2, -0.15) is 0 Å². The van der Waals surface area contributed by atoms with Gasteiger partial charge in [0, 0.05) is 28.1 Å². The molecule has 0 atom stereocenters. The molecular formula is C4H16O6Ti. The van der Waals surface area contributed by atoms with Crippen molar-refractivity contribution >= 4 is 5.97 Å². The van der Waals surface area contributed by atoms with E-state index in [0.29, 0.717) is 6.42 Å². The monoisotopic (exact) mass is 208 g/mol. The molecule has 72 valence electrons. The number of carbonyl (C=O) groups is 1. The van der Waals surface area contributed by atoms with Crippen molar-refractivity contribution in [2.24, 2.45) is 0 Å². The summed E-state index contributed by atoms with van der Waals surface area (Å²) in [5, 5.41) is 7.91. The Hall–Kier alpha value is 0.0243. The zero-order valence-electron chi connectivity index (χ0n) is 6.27. The number of aliphatic carboxylic acids is 1. The van der Waals surface area contributed by atoms with E-state index in [-0.39, 0.29) is 43.6 Å². The van der Waals surface area contributed by atoms with Gasteiger partial charge < -0.3 is 27.0 Å². The molecule has 0 radical (unpaired) electrons. The summed E-state index contributed by atoms with van der Waals surface area (Å²) in [7, 11) is 0. The molecule has 0 fully saturated rings. The van der Waals surface area contributed by atoms with Crippen LogP contribution in [0.1, 0.15) is 19.8 Å². The molecular weight excluding hydrogens is 192 g/mol. The third kappa shape index (κ3) is 70.6. The number of carboxylic acids is 1. The van der Waals surface area contributed by atoms with Crippen LogP contribution in [-0.2, 0) is 26.5 Å². The largest absolute Gasteiger partial charge is 0.481 e. The maximum absolute atomic E-state index is 9.60. The van der Waals surface area contributed by atoms with Crippen molar-refractivity contribution in [1.82, 2.24) is 0 Å². The van der Waals surface area contributed by atoms with Crippen LogP contribution >= 0.6 is 0 Å². The van der Waals surface area contributed by atoms with Gasteiger partial charge in [-0.1, -0.05) is 6.92 Å². The summed E-state index contributed by atoms with van der Waals surface area (Å²) in [6.07, 6.45) is 1.02. The fourth-order valence-electron chi connectivity index (χ4n) is 0.214. The average molecular weight is 208 g/mol. The molecule has 0 heterocycles. The molecule has 0 bridgehead atoms. The van der Waals surface area contributed by atoms with E-state index in [1.807, 2.05) is 6.92 Å². The van der Waals surface area contributed by atoms with E-state index in [9.17, 15) is 4.79 Å². The van der Waals surface area contributed by atoms with E-state index in [4.69, 9.17) is 5.11 Å². The Morgan fingerprint density at radius 2 is 1.45 bits per heavy atom. The molecule has 0 spiro atoms. The van der Waals surface area contributed by atoms with Gasteiger partial charge in [0.2, 0.25) is 0 Å².